The lowest BCUT2D eigenvalue weighted by Crippen LogP contribution is -2.35. The molecule has 4 rings (SSSR count). The second-order valence-corrected chi connectivity index (χ2v) is 5.96. The van der Waals surface area contributed by atoms with Gasteiger partial charge in [0.1, 0.15) is 23.4 Å². The van der Waals surface area contributed by atoms with Gasteiger partial charge in [-0.05, 0) is 32.8 Å². The summed E-state index contributed by atoms with van der Waals surface area (Å²) in [5.41, 5.74) is 2.48. The zero-order valence-electron chi connectivity index (χ0n) is 13.2. The first kappa shape index (κ1) is 14.0. The molecule has 7 nitrogen and oxygen atoms in total. The average Bonchev–Trinajstić information content (AvgIpc) is 2.97. The third-order valence-corrected chi connectivity index (χ3v) is 4.36. The van der Waals surface area contributed by atoms with Crippen molar-refractivity contribution in [2.24, 2.45) is 0 Å². The summed E-state index contributed by atoms with van der Waals surface area (Å²) in [4.78, 5) is 19.7. The van der Waals surface area contributed by atoms with E-state index < -0.39 is 0 Å². The van der Waals surface area contributed by atoms with Gasteiger partial charge >= 0.3 is 0 Å². The maximum atomic E-state index is 5.26. The molecule has 3 aromatic heterocycles. The van der Waals surface area contributed by atoms with Crippen LogP contribution in [0.25, 0.3) is 11.1 Å². The fourth-order valence-electron chi connectivity index (χ4n) is 3.26. The van der Waals surface area contributed by atoms with Gasteiger partial charge in [-0.25, -0.2) is 15.0 Å². The molecule has 1 aliphatic heterocycles. The van der Waals surface area contributed by atoms with Gasteiger partial charge in [-0.1, -0.05) is 5.16 Å². The Morgan fingerprint density at radius 3 is 3.00 bits per heavy atom. The molecule has 1 aliphatic rings. The zero-order chi connectivity index (χ0) is 15.8. The highest BCUT2D eigenvalue weighted by Gasteiger charge is 2.26. The molecule has 0 spiro atoms. The minimum Gasteiger partial charge on any atom is -0.355 e. The summed E-state index contributed by atoms with van der Waals surface area (Å²) in [5.74, 6) is 2.11. The Balaban J connectivity index is 1.68. The molecule has 0 aromatic carbocycles. The molecule has 0 N–H and O–H groups in total. The van der Waals surface area contributed by atoms with E-state index in [1.165, 1.54) is 0 Å². The van der Waals surface area contributed by atoms with Crippen molar-refractivity contribution in [1.29, 1.82) is 0 Å². The van der Waals surface area contributed by atoms with E-state index in [9.17, 15) is 0 Å². The van der Waals surface area contributed by atoms with Crippen molar-refractivity contribution in [1.82, 2.24) is 25.1 Å². The first-order valence-corrected chi connectivity index (χ1v) is 7.84. The minimum atomic E-state index is 0.385. The Morgan fingerprint density at radius 2 is 2.13 bits per heavy atom. The molecule has 3 aromatic rings. The molecule has 0 bridgehead atoms. The van der Waals surface area contributed by atoms with Crippen molar-refractivity contribution < 1.29 is 4.52 Å². The number of aromatic nitrogens is 5. The molecule has 23 heavy (non-hydrogen) atoms. The van der Waals surface area contributed by atoms with Crippen molar-refractivity contribution >= 4 is 16.9 Å². The minimum absolute atomic E-state index is 0.385. The van der Waals surface area contributed by atoms with E-state index >= 15 is 0 Å². The largest absolute Gasteiger partial charge is 0.355 e. The highest BCUT2D eigenvalue weighted by Crippen LogP contribution is 2.32. The second kappa shape index (κ2) is 5.57. The van der Waals surface area contributed by atoms with Gasteiger partial charge in [0.2, 0.25) is 0 Å². The van der Waals surface area contributed by atoms with Crippen LogP contribution in [0.15, 0.2) is 23.1 Å². The molecular weight excluding hydrogens is 292 g/mol. The Morgan fingerprint density at radius 1 is 1.22 bits per heavy atom. The molecule has 1 fully saturated rings. The van der Waals surface area contributed by atoms with E-state index in [2.05, 4.69) is 30.0 Å². The first-order chi connectivity index (χ1) is 11.2. The van der Waals surface area contributed by atoms with Crippen LogP contribution in [-0.2, 0) is 0 Å². The van der Waals surface area contributed by atoms with E-state index in [0.29, 0.717) is 11.6 Å². The Labute approximate surface area is 133 Å². The molecule has 0 saturated carbocycles. The summed E-state index contributed by atoms with van der Waals surface area (Å²) in [6.45, 7) is 5.71. The summed E-state index contributed by atoms with van der Waals surface area (Å²) in [6, 6.07) is 2.02. The van der Waals surface area contributed by atoms with Crippen LogP contribution >= 0.6 is 0 Å². The molecule has 0 aliphatic carbocycles. The maximum Gasteiger partial charge on any atom is 0.263 e. The van der Waals surface area contributed by atoms with E-state index in [-0.39, 0.29) is 0 Å². The number of nitrogens with zero attached hydrogens (tertiary/aromatic N) is 6. The molecule has 0 amide bonds. The van der Waals surface area contributed by atoms with Crippen LogP contribution in [-0.4, -0.2) is 38.2 Å². The normalized spacial score (nSPS) is 18.5. The fourth-order valence-corrected chi connectivity index (χ4v) is 3.26. The molecule has 1 saturated heterocycles. The SMILES string of the molecule is Cc1nccc(C2CCCN(c3ncnc4onc(C)c34)C2)n1. The number of anilines is 1. The van der Waals surface area contributed by atoms with Crippen LogP contribution in [0.5, 0.6) is 0 Å². The summed E-state index contributed by atoms with van der Waals surface area (Å²) in [5, 5.41) is 4.92. The van der Waals surface area contributed by atoms with Gasteiger partial charge in [0.15, 0.2) is 0 Å². The van der Waals surface area contributed by atoms with Gasteiger partial charge in [-0.2, -0.15) is 4.98 Å². The van der Waals surface area contributed by atoms with Crippen LogP contribution in [0.3, 0.4) is 0 Å². The molecule has 7 heteroatoms. The third kappa shape index (κ3) is 2.52. The van der Waals surface area contributed by atoms with Crippen molar-refractivity contribution in [3.8, 4) is 0 Å². The van der Waals surface area contributed by atoms with Gasteiger partial charge in [-0.15, -0.1) is 0 Å². The predicted molar refractivity (Wildman–Crippen MR) is 85.3 cm³/mol. The summed E-state index contributed by atoms with van der Waals surface area (Å²) in [6.07, 6.45) is 5.61. The van der Waals surface area contributed by atoms with Crippen molar-refractivity contribution in [3.63, 3.8) is 0 Å². The van der Waals surface area contributed by atoms with Gasteiger partial charge in [0.25, 0.3) is 5.71 Å². The molecule has 0 radical (unpaired) electrons. The van der Waals surface area contributed by atoms with E-state index in [4.69, 9.17) is 4.52 Å². The summed E-state index contributed by atoms with van der Waals surface area (Å²) in [7, 11) is 0. The Bertz CT molecular complexity index is 845. The summed E-state index contributed by atoms with van der Waals surface area (Å²) < 4.78 is 5.26. The monoisotopic (exact) mass is 310 g/mol. The molecular formula is C16H18N6O. The van der Waals surface area contributed by atoms with Gasteiger partial charge in [-0.3, -0.25) is 0 Å². The van der Waals surface area contributed by atoms with Gasteiger partial charge in [0.05, 0.1) is 5.69 Å². The highest BCUT2D eigenvalue weighted by molar-refractivity contribution is 5.87. The number of hydrogen-bond acceptors (Lipinski definition) is 7. The predicted octanol–water partition coefficient (Wildman–Crippen LogP) is 2.41. The molecule has 118 valence electrons. The van der Waals surface area contributed by atoms with Crippen LogP contribution in [0.4, 0.5) is 5.82 Å². The topological polar surface area (TPSA) is 80.8 Å². The second-order valence-electron chi connectivity index (χ2n) is 5.96. The number of piperidine rings is 1. The first-order valence-electron chi connectivity index (χ1n) is 7.84. The van der Waals surface area contributed by atoms with E-state index in [1.54, 1.807) is 6.33 Å². The lowest BCUT2D eigenvalue weighted by molar-refractivity contribution is 0.442. The standard InChI is InChI=1S/C16H18N6O/c1-10-14-15(18-9-19-16(14)23-21-10)22-7-3-4-12(8-22)13-5-6-17-11(2)20-13/h5-6,9,12H,3-4,7-8H2,1-2H3. The third-order valence-electron chi connectivity index (χ3n) is 4.36. The lowest BCUT2D eigenvalue weighted by Gasteiger charge is -2.33. The van der Waals surface area contributed by atoms with E-state index in [1.807, 2.05) is 26.1 Å². The molecule has 4 heterocycles. The fraction of sp³-hybridized carbons (Fsp3) is 0.438. The van der Waals surface area contributed by atoms with Crippen LogP contribution in [0.1, 0.15) is 36.0 Å². The number of fused-ring (bicyclic) bond motifs is 1. The zero-order valence-corrected chi connectivity index (χ0v) is 13.2. The van der Waals surface area contributed by atoms with Gasteiger partial charge < -0.3 is 9.42 Å². The Hall–Kier alpha value is -2.57. The van der Waals surface area contributed by atoms with E-state index in [0.717, 1.165) is 54.3 Å². The quantitative estimate of drug-likeness (QED) is 0.719. The van der Waals surface area contributed by atoms with Crippen LogP contribution in [0.2, 0.25) is 0 Å². The lowest BCUT2D eigenvalue weighted by atomic mass is 9.94. The van der Waals surface area contributed by atoms with Crippen LogP contribution in [0, 0.1) is 13.8 Å². The van der Waals surface area contributed by atoms with Gasteiger partial charge in [0, 0.05) is 30.9 Å². The number of aryl methyl sites for hydroxylation is 2. The van der Waals surface area contributed by atoms with Crippen molar-refractivity contribution in [2.75, 3.05) is 18.0 Å². The van der Waals surface area contributed by atoms with Crippen LogP contribution < -0.4 is 4.90 Å². The number of rotatable bonds is 2. The average molecular weight is 310 g/mol. The molecule has 1 unspecified atom stereocenters. The van der Waals surface area contributed by atoms with Crippen molar-refractivity contribution in [3.05, 3.63) is 35.8 Å². The highest BCUT2D eigenvalue weighted by atomic mass is 16.5. The maximum absolute atomic E-state index is 5.26. The Kier molecular flexibility index (Phi) is 3.40. The summed E-state index contributed by atoms with van der Waals surface area (Å²) >= 11 is 0. The van der Waals surface area contributed by atoms with Crippen molar-refractivity contribution in [2.45, 2.75) is 32.6 Å². The smallest absolute Gasteiger partial charge is 0.263 e. The number of hydrogen-bond donors (Lipinski definition) is 0. The molecule has 1 atom stereocenters.